The molecule has 0 spiro atoms. The van der Waals surface area contributed by atoms with Crippen molar-refractivity contribution >= 4 is 0 Å². The molecule has 2 aromatic heterocycles. The molecule has 1 unspecified atom stereocenters. The van der Waals surface area contributed by atoms with E-state index in [1.54, 1.807) is 6.20 Å². The SMILES string of the molecule is Cc1c(CNC(C)c2cncc(F)c2)cnn1C. The van der Waals surface area contributed by atoms with Crippen molar-refractivity contribution in [1.82, 2.24) is 20.1 Å². The zero-order valence-electron chi connectivity index (χ0n) is 10.8. The molecule has 1 atom stereocenters. The highest BCUT2D eigenvalue weighted by atomic mass is 19.1. The van der Waals surface area contributed by atoms with E-state index < -0.39 is 0 Å². The molecule has 5 heteroatoms. The first kappa shape index (κ1) is 12.7. The average Bonchev–Trinajstić information content (AvgIpc) is 2.67. The topological polar surface area (TPSA) is 42.7 Å². The molecule has 0 aliphatic carbocycles. The van der Waals surface area contributed by atoms with E-state index >= 15 is 0 Å². The summed E-state index contributed by atoms with van der Waals surface area (Å²) in [7, 11) is 1.92. The molecule has 1 N–H and O–H groups in total. The summed E-state index contributed by atoms with van der Waals surface area (Å²) in [5.41, 5.74) is 3.12. The summed E-state index contributed by atoms with van der Waals surface area (Å²) in [4.78, 5) is 3.85. The Hall–Kier alpha value is -1.75. The summed E-state index contributed by atoms with van der Waals surface area (Å²) in [6.45, 7) is 4.72. The van der Waals surface area contributed by atoms with Crippen molar-refractivity contribution in [2.75, 3.05) is 0 Å². The van der Waals surface area contributed by atoms with Gasteiger partial charge < -0.3 is 5.32 Å². The van der Waals surface area contributed by atoms with E-state index in [0.717, 1.165) is 16.8 Å². The second kappa shape index (κ2) is 5.27. The first-order valence-corrected chi connectivity index (χ1v) is 5.89. The van der Waals surface area contributed by atoms with Gasteiger partial charge in [-0.05, 0) is 25.5 Å². The van der Waals surface area contributed by atoms with E-state index in [4.69, 9.17) is 0 Å². The zero-order chi connectivity index (χ0) is 13.1. The first-order valence-electron chi connectivity index (χ1n) is 5.89. The van der Waals surface area contributed by atoms with E-state index in [1.165, 1.54) is 12.3 Å². The molecular formula is C13H17FN4. The lowest BCUT2D eigenvalue weighted by atomic mass is 10.1. The summed E-state index contributed by atoms with van der Waals surface area (Å²) in [5.74, 6) is -0.307. The fourth-order valence-corrected chi connectivity index (χ4v) is 1.76. The van der Waals surface area contributed by atoms with Gasteiger partial charge >= 0.3 is 0 Å². The standard InChI is InChI=1S/C13H17FN4/c1-9(11-4-13(14)8-15-5-11)16-6-12-7-17-18(3)10(12)2/h4-5,7-9,16H,6H2,1-3H3. The molecular weight excluding hydrogens is 231 g/mol. The Balaban J connectivity index is 2.00. The minimum absolute atomic E-state index is 0.0489. The molecule has 0 bridgehead atoms. The van der Waals surface area contributed by atoms with Gasteiger partial charge in [0.2, 0.25) is 0 Å². The number of nitrogens with one attached hydrogen (secondary N) is 1. The molecule has 0 fully saturated rings. The van der Waals surface area contributed by atoms with Crippen molar-refractivity contribution in [3.63, 3.8) is 0 Å². The van der Waals surface area contributed by atoms with Crippen LogP contribution < -0.4 is 5.32 Å². The van der Waals surface area contributed by atoms with Crippen molar-refractivity contribution in [3.05, 3.63) is 47.3 Å². The van der Waals surface area contributed by atoms with Crippen molar-refractivity contribution in [1.29, 1.82) is 0 Å². The Kier molecular flexibility index (Phi) is 3.72. The van der Waals surface area contributed by atoms with Crippen LogP contribution in [0.4, 0.5) is 4.39 Å². The average molecular weight is 248 g/mol. The van der Waals surface area contributed by atoms with Gasteiger partial charge in [-0.1, -0.05) is 0 Å². The second-order valence-electron chi connectivity index (χ2n) is 4.42. The molecule has 0 saturated heterocycles. The minimum atomic E-state index is -0.307. The van der Waals surface area contributed by atoms with Crippen molar-refractivity contribution in [2.24, 2.45) is 7.05 Å². The molecule has 0 radical (unpaired) electrons. The highest BCUT2D eigenvalue weighted by Crippen LogP contribution is 2.13. The number of hydrogen-bond donors (Lipinski definition) is 1. The Morgan fingerprint density at radius 3 is 2.78 bits per heavy atom. The number of rotatable bonds is 4. The molecule has 0 aromatic carbocycles. The summed E-state index contributed by atoms with van der Waals surface area (Å²) in [5, 5.41) is 7.52. The Labute approximate surface area is 106 Å². The van der Waals surface area contributed by atoms with Crippen molar-refractivity contribution in [2.45, 2.75) is 26.4 Å². The van der Waals surface area contributed by atoms with Crippen LogP contribution in [0.1, 0.15) is 29.8 Å². The van der Waals surface area contributed by atoms with Crippen LogP contribution in [0, 0.1) is 12.7 Å². The smallest absolute Gasteiger partial charge is 0.141 e. The number of hydrogen-bond acceptors (Lipinski definition) is 3. The first-order chi connectivity index (χ1) is 8.58. The molecule has 2 aromatic rings. The Bertz CT molecular complexity index is 536. The second-order valence-corrected chi connectivity index (χ2v) is 4.42. The zero-order valence-corrected chi connectivity index (χ0v) is 10.8. The molecule has 2 rings (SSSR count). The monoisotopic (exact) mass is 248 g/mol. The number of pyridine rings is 1. The van der Waals surface area contributed by atoms with Gasteiger partial charge in [0.25, 0.3) is 0 Å². The van der Waals surface area contributed by atoms with Crippen LogP contribution in [0.15, 0.2) is 24.7 Å². The minimum Gasteiger partial charge on any atom is -0.306 e. The predicted octanol–water partition coefficient (Wildman–Crippen LogP) is 2.11. The van der Waals surface area contributed by atoms with Crippen LogP contribution in [0.3, 0.4) is 0 Å². The molecule has 2 heterocycles. The molecule has 0 saturated carbocycles. The third-order valence-electron chi connectivity index (χ3n) is 3.16. The largest absolute Gasteiger partial charge is 0.306 e. The van der Waals surface area contributed by atoms with Gasteiger partial charge in [-0.25, -0.2) is 4.39 Å². The Morgan fingerprint density at radius 1 is 1.39 bits per heavy atom. The maximum atomic E-state index is 13.1. The lowest BCUT2D eigenvalue weighted by molar-refractivity contribution is 0.559. The number of halogens is 1. The van der Waals surface area contributed by atoms with Crippen LogP contribution in [0.5, 0.6) is 0 Å². The Morgan fingerprint density at radius 2 is 2.17 bits per heavy atom. The molecule has 0 aliphatic rings. The van der Waals surface area contributed by atoms with Gasteiger partial charge in [0.15, 0.2) is 0 Å². The molecule has 0 amide bonds. The van der Waals surface area contributed by atoms with Crippen molar-refractivity contribution in [3.8, 4) is 0 Å². The van der Waals surface area contributed by atoms with Crippen LogP contribution >= 0.6 is 0 Å². The maximum Gasteiger partial charge on any atom is 0.141 e. The highest BCUT2D eigenvalue weighted by molar-refractivity contribution is 5.18. The van der Waals surface area contributed by atoms with E-state index in [-0.39, 0.29) is 11.9 Å². The number of aromatic nitrogens is 3. The lowest BCUT2D eigenvalue weighted by Gasteiger charge is -2.13. The van der Waals surface area contributed by atoms with E-state index in [1.807, 2.05) is 31.8 Å². The number of nitrogens with zero attached hydrogens (tertiary/aromatic N) is 3. The fourth-order valence-electron chi connectivity index (χ4n) is 1.76. The van der Waals surface area contributed by atoms with E-state index in [0.29, 0.717) is 6.54 Å². The molecule has 4 nitrogen and oxygen atoms in total. The van der Waals surface area contributed by atoms with E-state index in [2.05, 4.69) is 15.4 Å². The summed E-state index contributed by atoms with van der Waals surface area (Å²) >= 11 is 0. The molecule has 18 heavy (non-hydrogen) atoms. The van der Waals surface area contributed by atoms with Crippen LogP contribution in [-0.4, -0.2) is 14.8 Å². The normalized spacial score (nSPS) is 12.7. The van der Waals surface area contributed by atoms with Gasteiger partial charge in [-0.15, -0.1) is 0 Å². The van der Waals surface area contributed by atoms with Crippen LogP contribution in [0.25, 0.3) is 0 Å². The molecule has 96 valence electrons. The summed E-state index contributed by atoms with van der Waals surface area (Å²) in [6.07, 6.45) is 4.73. The van der Waals surface area contributed by atoms with Crippen molar-refractivity contribution < 1.29 is 4.39 Å². The summed E-state index contributed by atoms with van der Waals surface area (Å²) < 4.78 is 14.9. The van der Waals surface area contributed by atoms with E-state index in [9.17, 15) is 4.39 Å². The lowest BCUT2D eigenvalue weighted by Crippen LogP contribution is -2.18. The maximum absolute atomic E-state index is 13.1. The quantitative estimate of drug-likeness (QED) is 0.901. The van der Waals surface area contributed by atoms with Gasteiger partial charge in [0.1, 0.15) is 5.82 Å². The summed E-state index contributed by atoms with van der Waals surface area (Å²) in [6, 6.07) is 1.55. The number of aryl methyl sites for hydroxylation is 1. The molecule has 0 aliphatic heterocycles. The predicted molar refractivity (Wildman–Crippen MR) is 67.4 cm³/mol. The van der Waals surface area contributed by atoms with Crippen LogP contribution in [-0.2, 0) is 13.6 Å². The van der Waals surface area contributed by atoms with Gasteiger partial charge in [0.05, 0.1) is 12.4 Å². The van der Waals surface area contributed by atoms with Gasteiger partial charge in [0, 0.05) is 37.1 Å². The third-order valence-corrected chi connectivity index (χ3v) is 3.16. The van der Waals surface area contributed by atoms with Gasteiger partial charge in [-0.2, -0.15) is 5.10 Å². The van der Waals surface area contributed by atoms with Crippen LogP contribution in [0.2, 0.25) is 0 Å². The van der Waals surface area contributed by atoms with Gasteiger partial charge in [-0.3, -0.25) is 9.67 Å². The fraction of sp³-hybridized carbons (Fsp3) is 0.385. The highest BCUT2D eigenvalue weighted by Gasteiger charge is 2.08. The third kappa shape index (κ3) is 2.73.